The van der Waals surface area contributed by atoms with Crippen LogP contribution < -0.4 is 10.6 Å². The van der Waals surface area contributed by atoms with Crippen molar-refractivity contribution in [2.75, 3.05) is 23.7 Å². The summed E-state index contributed by atoms with van der Waals surface area (Å²) in [4.78, 5) is 2.29. The Balaban J connectivity index is 2.38. The zero-order chi connectivity index (χ0) is 10.3. The van der Waals surface area contributed by atoms with Gasteiger partial charge in [0.05, 0.1) is 11.4 Å². The lowest BCUT2D eigenvalue weighted by Gasteiger charge is -2.33. The molecule has 2 N–H and O–H groups in total. The van der Waals surface area contributed by atoms with Crippen LogP contribution in [-0.4, -0.2) is 22.9 Å². The van der Waals surface area contributed by atoms with Gasteiger partial charge in [-0.05, 0) is 12.3 Å². The molecule has 0 aromatic carbocycles. The van der Waals surface area contributed by atoms with Crippen molar-refractivity contribution in [1.29, 1.82) is 0 Å². The Labute approximate surface area is 84.7 Å². The summed E-state index contributed by atoms with van der Waals surface area (Å²) in [5.41, 5.74) is 7.98. The Morgan fingerprint density at radius 1 is 1.36 bits per heavy atom. The molecule has 4 nitrogen and oxygen atoms in total. The summed E-state index contributed by atoms with van der Waals surface area (Å²) in [5.74, 6) is 1.50. The highest BCUT2D eigenvalue weighted by atomic mass is 15.4. The van der Waals surface area contributed by atoms with Crippen molar-refractivity contribution in [3.8, 4) is 0 Å². The van der Waals surface area contributed by atoms with Crippen LogP contribution >= 0.6 is 0 Å². The summed E-state index contributed by atoms with van der Waals surface area (Å²) in [6.07, 6.45) is 1.27. The number of nitrogen functional groups attached to an aromatic ring is 1. The van der Waals surface area contributed by atoms with Crippen LogP contribution in [0.25, 0.3) is 0 Å². The molecule has 0 amide bonds. The van der Waals surface area contributed by atoms with Crippen molar-refractivity contribution in [2.24, 2.45) is 7.05 Å². The maximum atomic E-state index is 6.09. The molecule has 0 unspecified atom stereocenters. The molecule has 1 fully saturated rings. The topological polar surface area (TPSA) is 47.1 Å². The molecule has 1 saturated heterocycles. The quantitative estimate of drug-likeness (QED) is 0.772. The van der Waals surface area contributed by atoms with Crippen LogP contribution in [0.15, 0.2) is 0 Å². The second-order valence-electron chi connectivity index (χ2n) is 4.24. The van der Waals surface area contributed by atoms with Gasteiger partial charge in [-0.15, -0.1) is 0 Å². The Morgan fingerprint density at radius 2 is 2.00 bits per heavy atom. The minimum absolute atomic E-state index is 0.399. The molecule has 1 aromatic heterocycles. The Kier molecular flexibility index (Phi) is 2.13. The van der Waals surface area contributed by atoms with Crippen LogP contribution in [0.5, 0.6) is 0 Å². The van der Waals surface area contributed by atoms with E-state index in [1.165, 1.54) is 6.42 Å². The molecule has 0 saturated carbocycles. The van der Waals surface area contributed by atoms with Gasteiger partial charge in [-0.2, -0.15) is 5.10 Å². The average Bonchev–Trinajstić information content (AvgIpc) is 2.29. The van der Waals surface area contributed by atoms with E-state index in [0.717, 1.165) is 30.3 Å². The number of aryl methyl sites for hydroxylation is 1. The third-order valence-corrected chi connectivity index (χ3v) is 2.78. The van der Waals surface area contributed by atoms with Crippen LogP contribution in [0.1, 0.15) is 31.9 Å². The van der Waals surface area contributed by atoms with Gasteiger partial charge >= 0.3 is 0 Å². The molecule has 0 bridgehead atoms. The Bertz CT molecular complexity index is 336. The SMILES string of the molecule is CC(C)c1nn(C)c(N2CCC2)c1N. The molecule has 1 aliphatic heterocycles. The predicted molar refractivity (Wildman–Crippen MR) is 58.5 cm³/mol. The molecular formula is C10H18N4. The zero-order valence-electron chi connectivity index (χ0n) is 9.12. The summed E-state index contributed by atoms with van der Waals surface area (Å²) in [6.45, 7) is 6.47. The van der Waals surface area contributed by atoms with Gasteiger partial charge in [0.2, 0.25) is 0 Å². The average molecular weight is 194 g/mol. The third kappa shape index (κ3) is 1.25. The summed E-state index contributed by atoms with van der Waals surface area (Å²) < 4.78 is 1.91. The standard InChI is InChI=1S/C10H18N4/c1-7(2)9-8(11)10(13(3)12-9)14-5-4-6-14/h7H,4-6,11H2,1-3H3. The maximum absolute atomic E-state index is 6.09. The molecule has 1 aromatic rings. The second-order valence-corrected chi connectivity index (χ2v) is 4.24. The lowest BCUT2D eigenvalue weighted by atomic mass is 10.1. The molecule has 1 aliphatic rings. The summed E-state index contributed by atoms with van der Waals surface area (Å²) >= 11 is 0. The molecule has 0 radical (unpaired) electrons. The van der Waals surface area contributed by atoms with Gasteiger partial charge in [-0.1, -0.05) is 13.8 Å². The third-order valence-electron chi connectivity index (χ3n) is 2.78. The molecule has 78 valence electrons. The minimum atomic E-state index is 0.399. The smallest absolute Gasteiger partial charge is 0.150 e. The van der Waals surface area contributed by atoms with Crippen LogP contribution in [0.2, 0.25) is 0 Å². The van der Waals surface area contributed by atoms with E-state index >= 15 is 0 Å². The van der Waals surface area contributed by atoms with Crippen LogP contribution in [-0.2, 0) is 7.05 Å². The highest BCUT2D eigenvalue weighted by Gasteiger charge is 2.24. The summed E-state index contributed by atoms with van der Waals surface area (Å²) in [7, 11) is 1.97. The number of hydrogen-bond donors (Lipinski definition) is 1. The first-order chi connectivity index (χ1) is 6.61. The molecule has 0 spiro atoms. The van der Waals surface area contributed by atoms with Gasteiger partial charge in [0.1, 0.15) is 5.82 Å². The number of nitrogens with zero attached hydrogens (tertiary/aromatic N) is 3. The predicted octanol–water partition coefficient (Wildman–Crippen LogP) is 1.34. The molecule has 4 heteroatoms. The van der Waals surface area contributed by atoms with Crippen LogP contribution in [0.3, 0.4) is 0 Å². The van der Waals surface area contributed by atoms with Crippen molar-refractivity contribution in [3.05, 3.63) is 5.69 Å². The van der Waals surface area contributed by atoms with Crippen molar-refractivity contribution in [1.82, 2.24) is 9.78 Å². The molecule has 14 heavy (non-hydrogen) atoms. The normalized spacial score (nSPS) is 16.1. The highest BCUT2D eigenvalue weighted by Crippen LogP contribution is 2.32. The molecule has 0 aliphatic carbocycles. The zero-order valence-corrected chi connectivity index (χ0v) is 9.12. The molecule has 2 heterocycles. The van der Waals surface area contributed by atoms with Gasteiger partial charge in [-0.3, -0.25) is 4.68 Å². The first-order valence-corrected chi connectivity index (χ1v) is 5.18. The lowest BCUT2D eigenvalue weighted by molar-refractivity contribution is 0.585. The van der Waals surface area contributed by atoms with E-state index < -0.39 is 0 Å². The first-order valence-electron chi connectivity index (χ1n) is 5.18. The number of hydrogen-bond acceptors (Lipinski definition) is 3. The van der Waals surface area contributed by atoms with Gasteiger partial charge in [0.15, 0.2) is 0 Å². The largest absolute Gasteiger partial charge is 0.394 e. The second kappa shape index (κ2) is 3.19. The van der Waals surface area contributed by atoms with Crippen LogP contribution in [0, 0.1) is 0 Å². The highest BCUT2D eigenvalue weighted by molar-refractivity contribution is 5.67. The van der Waals surface area contributed by atoms with Crippen molar-refractivity contribution in [2.45, 2.75) is 26.2 Å². The Hall–Kier alpha value is -1.19. The monoisotopic (exact) mass is 194 g/mol. The van der Waals surface area contributed by atoms with E-state index in [2.05, 4.69) is 23.8 Å². The molecule has 2 rings (SSSR count). The number of rotatable bonds is 2. The minimum Gasteiger partial charge on any atom is -0.394 e. The number of anilines is 2. The maximum Gasteiger partial charge on any atom is 0.150 e. The summed E-state index contributed by atoms with van der Waals surface area (Å²) in [5, 5.41) is 4.46. The Morgan fingerprint density at radius 3 is 2.36 bits per heavy atom. The number of nitrogens with two attached hydrogens (primary N) is 1. The van der Waals surface area contributed by atoms with Gasteiger partial charge in [0.25, 0.3) is 0 Å². The van der Waals surface area contributed by atoms with Gasteiger partial charge < -0.3 is 10.6 Å². The van der Waals surface area contributed by atoms with Gasteiger partial charge in [0, 0.05) is 20.1 Å². The molecular weight excluding hydrogens is 176 g/mol. The number of aromatic nitrogens is 2. The van der Waals surface area contributed by atoms with Crippen LogP contribution in [0.4, 0.5) is 11.5 Å². The van der Waals surface area contributed by atoms with Crippen molar-refractivity contribution >= 4 is 11.5 Å². The van der Waals surface area contributed by atoms with E-state index in [1.807, 2.05) is 11.7 Å². The van der Waals surface area contributed by atoms with Gasteiger partial charge in [-0.25, -0.2) is 0 Å². The van der Waals surface area contributed by atoms with E-state index in [0.29, 0.717) is 5.92 Å². The first kappa shape index (κ1) is 9.37. The summed E-state index contributed by atoms with van der Waals surface area (Å²) in [6, 6.07) is 0. The van der Waals surface area contributed by atoms with E-state index in [1.54, 1.807) is 0 Å². The fourth-order valence-electron chi connectivity index (χ4n) is 1.88. The van der Waals surface area contributed by atoms with E-state index in [9.17, 15) is 0 Å². The van der Waals surface area contributed by atoms with E-state index in [4.69, 9.17) is 5.73 Å². The fraction of sp³-hybridized carbons (Fsp3) is 0.700. The fourth-order valence-corrected chi connectivity index (χ4v) is 1.88. The van der Waals surface area contributed by atoms with Crippen molar-refractivity contribution in [3.63, 3.8) is 0 Å². The van der Waals surface area contributed by atoms with E-state index in [-0.39, 0.29) is 0 Å². The molecule has 0 atom stereocenters. The van der Waals surface area contributed by atoms with Crippen molar-refractivity contribution < 1.29 is 0 Å². The lowest BCUT2D eigenvalue weighted by Crippen LogP contribution is -2.38.